The normalized spacial score (nSPS) is 17.3. The van der Waals surface area contributed by atoms with Gasteiger partial charge in [0.1, 0.15) is 25.5 Å². The highest BCUT2D eigenvalue weighted by atomic mass is 35.5. The molecule has 0 bridgehead atoms. The quantitative estimate of drug-likeness (QED) is 0.516. The second kappa shape index (κ2) is 7.12. The predicted octanol–water partition coefficient (Wildman–Crippen LogP) is 1.58. The maximum absolute atomic E-state index is 13.7. The molecule has 6 nitrogen and oxygen atoms in total. The highest BCUT2D eigenvalue weighted by molar-refractivity contribution is 7.90. The Bertz CT molecular complexity index is 1370. The number of fused-ring (bicyclic) bond motifs is 3. The number of pyridine rings is 1. The Morgan fingerprint density at radius 1 is 1.22 bits per heavy atom. The second-order valence-corrected chi connectivity index (χ2v) is 12.2. The first kappa shape index (κ1) is 21.6. The maximum atomic E-state index is 13.7. The van der Waals surface area contributed by atoms with Crippen molar-refractivity contribution < 1.29 is 13.2 Å². The molecule has 32 heavy (non-hydrogen) atoms. The predicted molar refractivity (Wildman–Crippen MR) is 133 cm³/mol. The van der Waals surface area contributed by atoms with Crippen LogP contribution in [0.5, 0.6) is 0 Å². The van der Waals surface area contributed by atoms with Gasteiger partial charge in [-0.15, -0.1) is 0 Å². The fraction of sp³-hybridized carbons (Fsp3) is 0.364. The van der Waals surface area contributed by atoms with E-state index < -0.39 is 20.6 Å². The number of benzene rings is 1. The molecule has 1 aliphatic carbocycles. The molecule has 0 radical (unpaired) electrons. The molecule has 1 amide bonds. The number of aromatic nitrogens is 2. The molecule has 1 aromatic carbocycles. The molecule has 1 aliphatic heterocycles. The van der Waals surface area contributed by atoms with E-state index in [0.717, 1.165) is 40.7 Å². The molecule has 1 saturated carbocycles. The molecule has 2 aromatic heterocycles. The lowest BCUT2D eigenvalue weighted by atomic mass is 9.58. The van der Waals surface area contributed by atoms with Gasteiger partial charge in [0.15, 0.2) is 0 Å². The van der Waals surface area contributed by atoms with Crippen molar-refractivity contribution in [3.63, 3.8) is 0 Å². The summed E-state index contributed by atoms with van der Waals surface area (Å²) in [4.78, 5) is 19.9. The van der Waals surface area contributed by atoms with Gasteiger partial charge in [-0.3, -0.25) is 9.78 Å². The van der Waals surface area contributed by atoms with Gasteiger partial charge in [0.25, 0.3) is 0 Å². The summed E-state index contributed by atoms with van der Waals surface area (Å²) in [6.45, 7) is 0.532. The van der Waals surface area contributed by atoms with Crippen LogP contribution in [0, 0.1) is 0 Å². The van der Waals surface area contributed by atoms with Crippen LogP contribution in [-0.4, -0.2) is 51.6 Å². The first-order chi connectivity index (χ1) is 15.0. The molecular weight excluding hydrogens is 443 g/mol. The van der Waals surface area contributed by atoms with E-state index in [4.69, 9.17) is 11.6 Å². The molecular formula is C22H24B2ClN3O3S. The van der Waals surface area contributed by atoms with E-state index in [1.165, 1.54) is 6.26 Å². The third-order valence-corrected chi connectivity index (χ3v) is 8.13. The lowest BCUT2D eigenvalue weighted by molar-refractivity contribution is -0.120. The number of hydrogen-bond donors (Lipinski definition) is 0. The number of rotatable bonds is 6. The van der Waals surface area contributed by atoms with Crippen LogP contribution < -0.4 is 4.90 Å². The number of anilines is 1. The molecule has 1 spiro atoms. The third-order valence-electron chi connectivity index (χ3n) is 6.87. The topological polar surface area (TPSA) is 72.3 Å². The van der Waals surface area contributed by atoms with Crippen molar-refractivity contribution in [2.75, 3.05) is 16.9 Å². The van der Waals surface area contributed by atoms with Crippen molar-refractivity contribution in [3.05, 3.63) is 59.0 Å². The number of carbonyl (C=O) groups is 1. The van der Waals surface area contributed by atoms with Crippen molar-refractivity contribution in [2.24, 2.45) is 0 Å². The van der Waals surface area contributed by atoms with E-state index in [-0.39, 0.29) is 11.7 Å². The SMILES string of the molecule is BC(B)(c1cc2cc(Cl)ccc2n1CCCS(C)(=O)=O)N1C(=O)C2(CC2)c2ccncc21. The highest BCUT2D eigenvalue weighted by Gasteiger charge is 2.61. The Hall–Kier alpha value is -2.25. The number of carbonyl (C=O) groups excluding carboxylic acids is 1. The van der Waals surface area contributed by atoms with E-state index in [2.05, 4.69) is 15.6 Å². The van der Waals surface area contributed by atoms with Gasteiger partial charge < -0.3 is 9.47 Å². The summed E-state index contributed by atoms with van der Waals surface area (Å²) >= 11 is 6.26. The Balaban J connectivity index is 1.63. The van der Waals surface area contributed by atoms with E-state index in [9.17, 15) is 13.2 Å². The van der Waals surface area contributed by atoms with Crippen molar-refractivity contribution in [3.8, 4) is 0 Å². The average Bonchev–Trinajstić information content (AvgIpc) is 3.38. The molecule has 0 saturated heterocycles. The van der Waals surface area contributed by atoms with Crippen LogP contribution in [0.15, 0.2) is 42.7 Å². The van der Waals surface area contributed by atoms with Crippen molar-refractivity contribution in [1.29, 1.82) is 0 Å². The van der Waals surface area contributed by atoms with E-state index >= 15 is 0 Å². The summed E-state index contributed by atoms with van der Waals surface area (Å²) in [6.07, 6.45) is 7.02. The smallest absolute Gasteiger partial charge is 0.237 e. The van der Waals surface area contributed by atoms with Gasteiger partial charge in [-0.2, -0.15) is 0 Å². The molecule has 3 aromatic rings. The summed E-state index contributed by atoms with van der Waals surface area (Å²) in [7, 11) is 1.03. The van der Waals surface area contributed by atoms with Gasteiger partial charge >= 0.3 is 0 Å². The van der Waals surface area contributed by atoms with Crippen LogP contribution in [0.4, 0.5) is 5.69 Å². The molecule has 10 heteroatoms. The summed E-state index contributed by atoms with van der Waals surface area (Å²) in [5.41, 5.74) is 3.44. The summed E-state index contributed by atoms with van der Waals surface area (Å²) in [6, 6.07) is 9.75. The Morgan fingerprint density at radius 3 is 2.66 bits per heavy atom. The largest absolute Gasteiger partial charge is 0.344 e. The Kier molecular flexibility index (Phi) is 4.81. The standard InChI is InChI=1S/C22H24B2ClN3O3S/c1-32(30,31)10-2-9-27-17-4-3-15(25)11-14(17)12-19(27)22(23,24)28-18-13-26-8-5-16(18)21(6-7-21)20(28)29/h3-5,8,11-13H,2,6-7,9-10,23-24H2,1H3. The van der Waals surface area contributed by atoms with Crippen LogP contribution in [0.2, 0.25) is 5.02 Å². The monoisotopic (exact) mass is 467 g/mol. The zero-order chi connectivity index (χ0) is 22.9. The van der Waals surface area contributed by atoms with Crippen molar-refractivity contribution in [1.82, 2.24) is 9.55 Å². The van der Waals surface area contributed by atoms with Crippen LogP contribution in [0.25, 0.3) is 10.9 Å². The fourth-order valence-corrected chi connectivity index (χ4v) is 5.99. The lowest BCUT2D eigenvalue weighted by Crippen LogP contribution is -2.52. The lowest BCUT2D eigenvalue weighted by Gasteiger charge is -2.38. The zero-order valence-corrected chi connectivity index (χ0v) is 20.0. The van der Waals surface area contributed by atoms with Crippen LogP contribution in [-0.2, 0) is 31.9 Å². The van der Waals surface area contributed by atoms with Gasteiger partial charge in [0.2, 0.25) is 5.91 Å². The van der Waals surface area contributed by atoms with Gasteiger partial charge in [0, 0.05) is 46.0 Å². The molecule has 0 atom stereocenters. The molecule has 3 heterocycles. The minimum absolute atomic E-state index is 0.110. The number of halogens is 1. The average molecular weight is 468 g/mol. The summed E-state index contributed by atoms with van der Waals surface area (Å²) < 4.78 is 25.6. The third kappa shape index (κ3) is 3.28. The molecule has 0 unspecified atom stereocenters. The number of nitrogens with zero attached hydrogens (tertiary/aromatic N) is 3. The van der Waals surface area contributed by atoms with Gasteiger partial charge in [0.05, 0.1) is 23.1 Å². The molecule has 2 aliphatic rings. The molecule has 0 N–H and O–H groups in total. The molecule has 1 fully saturated rings. The number of amides is 1. The minimum Gasteiger partial charge on any atom is -0.344 e. The van der Waals surface area contributed by atoms with Crippen molar-refractivity contribution in [2.45, 2.75) is 36.6 Å². The molecule has 164 valence electrons. The highest BCUT2D eigenvalue weighted by Crippen LogP contribution is 2.58. The summed E-state index contributed by atoms with van der Waals surface area (Å²) in [5, 5.41) is 0.940. The van der Waals surface area contributed by atoms with Gasteiger partial charge in [-0.25, -0.2) is 8.42 Å². The first-order valence-electron chi connectivity index (χ1n) is 10.8. The van der Waals surface area contributed by atoms with E-state index in [1.807, 2.05) is 44.9 Å². The minimum atomic E-state index is -3.06. The van der Waals surface area contributed by atoms with Crippen LogP contribution >= 0.6 is 11.6 Å². The van der Waals surface area contributed by atoms with Gasteiger partial charge in [-0.05, 0) is 55.2 Å². The van der Waals surface area contributed by atoms with E-state index in [0.29, 0.717) is 18.0 Å². The van der Waals surface area contributed by atoms with E-state index in [1.54, 1.807) is 12.4 Å². The zero-order valence-electron chi connectivity index (χ0n) is 18.4. The van der Waals surface area contributed by atoms with Crippen molar-refractivity contribution >= 4 is 59.6 Å². The van der Waals surface area contributed by atoms with Crippen LogP contribution in [0.1, 0.15) is 30.5 Å². The Morgan fingerprint density at radius 2 is 1.97 bits per heavy atom. The molecule has 5 rings (SSSR count). The van der Waals surface area contributed by atoms with Gasteiger partial charge in [-0.1, -0.05) is 11.6 Å². The first-order valence-corrected chi connectivity index (χ1v) is 13.2. The van der Waals surface area contributed by atoms with Crippen LogP contribution in [0.3, 0.4) is 0 Å². The Labute approximate surface area is 194 Å². The summed E-state index contributed by atoms with van der Waals surface area (Å²) in [5.74, 6) is 0.231. The number of hydrogen-bond acceptors (Lipinski definition) is 4. The maximum Gasteiger partial charge on any atom is 0.237 e. The number of aryl methyl sites for hydroxylation is 1. The fourth-order valence-electron chi connectivity index (χ4n) is 5.16. The number of sulfone groups is 1. The second-order valence-electron chi connectivity index (χ2n) is 9.54.